The van der Waals surface area contributed by atoms with Crippen LogP contribution in [0.1, 0.15) is 49.3 Å². The molecule has 3 aliphatic heterocycles. The third-order valence-electron chi connectivity index (χ3n) is 4.95. The van der Waals surface area contributed by atoms with Gasteiger partial charge in [0.05, 0.1) is 0 Å². The second kappa shape index (κ2) is 4.80. The van der Waals surface area contributed by atoms with Gasteiger partial charge in [0.15, 0.2) is 11.5 Å². The summed E-state index contributed by atoms with van der Waals surface area (Å²) in [6.07, 6.45) is 4.31. The molecule has 3 unspecified atom stereocenters. The van der Waals surface area contributed by atoms with Crippen molar-refractivity contribution < 1.29 is 14.6 Å². The van der Waals surface area contributed by atoms with Crippen molar-refractivity contribution >= 4 is 0 Å². The lowest BCUT2D eigenvalue weighted by Crippen LogP contribution is -2.29. The third-order valence-corrected chi connectivity index (χ3v) is 4.95. The van der Waals surface area contributed by atoms with Crippen LogP contribution in [0.4, 0.5) is 0 Å². The van der Waals surface area contributed by atoms with E-state index in [0.717, 1.165) is 43.0 Å². The second-order valence-electron chi connectivity index (χ2n) is 6.69. The van der Waals surface area contributed by atoms with Crippen LogP contribution < -0.4 is 14.8 Å². The second-order valence-corrected chi connectivity index (χ2v) is 6.69. The van der Waals surface area contributed by atoms with Gasteiger partial charge in [-0.25, -0.2) is 0 Å². The Hall–Kier alpha value is -1.42. The molecule has 1 aromatic carbocycles. The number of fused-ring (bicyclic) bond motifs is 2. The number of piperidine rings is 1. The van der Waals surface area contributed by atoms with Crippen molar-refractivity contribution in [3.05, 3.63) is 16.7 Å². The Morgan fingerprint density at radius 1 is 1.05 bits per heavy atom. The summed E-state index contributed by atoms with van der Waals surface area (Å²) in [5.41, 5.74) is 3.44. The van der Waals surface area contributed by atoms with Gasteiger partial charge in [0.25, 0.3) is 0 Å². The number of rotatable bonds is 1. The van der Waals surface area contributed by atoms with Crippen LogP contribution in [-0.4, -0.2) is 30.4 Å². The van der Waals surface area contributed by atoms with E-state index in [1.54, 1.807) is 0 Å². The molecule has 4 nitrogen and oxygen atoms in total. The Morgan fingerprint density at radius 3 is 2.48 bits per heavy atom. The lowest BCUT2D eigenvalue weighted by molar-refractivity contribution is 0.244. The number of aromatic hydroxyl groups is 1. The third kappa shape index (κ3) is 2.00. The first-order chi connectivity index (χ1) is 10.1. The van der Waals surface area contributed by atoms with Crippen molar-refractivity contribution in [3.8, 4) is 17.2 Å². The molecule has 114 valence electrons. The summed E-state index contributed by atoms with van der Waals surface area (Å²) < 4.78 is 12.0. The van der Waals surface area contributed by atoms with Crippen LogP contribution in [-0.2, 0) is 12.8 Å². The Kier molecular flexibility index (Phi) is 3.03. The van der Waals surface area contributed by atoms with E-state index in [1.165, 1.54) is 24.0 Å². The van der Waals surface area contributed by atoms with Crippen LogP contribution in [0.5, 0.6) is 17.2 Å². The van der Waals surface area contributed by atoms with Crippen LogP contribution >= 0.6 is 0 Å². The van der Waals surface area contributed by atoms with E-state index in [-0.39, 0.29) is 12.2 Å². The van der Waals surface area contributed by atoms with Crippen molar-refractivity contribution in [2.24, 2.45) is 0 Å². The highest BCUT2D eigenvalue weighted by Crippen LogP contribution is 2.53. The highest BCUT2D eigenvalue weighted by atomic mass is 16.5. The predicted octanol–water partition coefficient (Wildman–Crippen LogP) is 2.51. The van der Waals surface area contributed by atoms with Crippen LogP contribution in [0.2, 0.25) is 0 Å². The van der Waals surface area contributed by atoms with Gasteiger partial charge >= 0.3 is 0 Å². The average Bonchev–Trinajstić information content (AvgIpc) is 3.03. The topological polar surface area (TPSA) is 50.7 Å². The Labute approximate surface area is 125 Å². The monoisotopic (exact) mass is 289 g/mol. The zero-order valence-corrected chi connectivity index (χ0v) is 12.7. The highest BCUT2D eigenvalue weighted by molar-refractivity contribution is 5.66. The van der Waals surface area contributed by atoms with Gasteiger partial charge in [0, 0.05) is 42.0 Å². The number of ether oxygens (including phenoxy) is 2. The summed E-state index contributed by atoms with van der Waals surface area (Å²) >= 11 is 0. The van der Waals surface area contributed by atoms with Gasteiger partial charge in [-0.2, -0.15) is 0 Å². The van der Waals surface area contributed by atoms with E-state index in [2.05, 4.69) is 19.2 Å². The SMILES string of the molecule is CC1Cc2c(c(O)c3c(c2C2CCCNC2)OC(C)C3)O1. The van der Waals surface area contributed by atoms with Crippen LogP contribution in [0.25, 0.3) is 0 Å². The van der Waals surface area contributed by atoms with Crippen molar-refractivity contribution in [1.82, 2.24) is 5.32 Å². The summed E-state index contributed by atoms with van der Waals surface area (Å²) in [6, 6.07) is 0. The average molecular weight is 289 g/mol. The van der Waals surface area contributed by atoms with Crippen molar-refractivity contribution in [2.75, 3.05) is 13.1 Å². The van der Waals surface area contributed by atoms with Gasteiger partial charge in [0.1, 0.15) is 18.0 Å². The maximum atomic E-state index is 10.6. The fraction of sp³-hybridized carbons (Fsp3) is 0.647. The molecule has 3 aliphatic rings. The minimum absolute atomic E-state index is 0.140. The van der Waals surface area contributed by atoms with Gasteiger partial charge in [0.2, 0.25) is 0 Å². The van der Waals surface area contributed by atoms with Crippen LogP contribution in [0.15, 0.2) is 0 Å². The Bertz CT molecular complexity index is 539. The molecular formula is C17H23NO3. The summed E-state index contributed by atoms with van der Waals surface area (Å²) in [7, 11) is 0. The minimum atomic E-state index is 0.140. The van der Waals surface area contributed by atoms with E-state index in [0.29, 0.717) is 11.7 Å². The molecule has 3 atom stereocenters. The largest absolute Gasteiger partial charge is 0.504 e. The number of hydrogen-bond acceptors (Lipinski definition) is 4. The lowest BCUT2D eigenvalue weighted by Gasteiger charge is -2.27. The summed E-state index contributed by atoms with van der Waals surface area (Å²) in [4.78, 5) is 0. The number of phenolic OH excluding ortho intramolecular Hbond substituents is 1. The van der Waals surface area contributed by atoms with E-state index in [9.17, 15) is 5.11 Å². The molecular weight excluding hydrogens is 266 g/mol. The smallest absolute Gasteiger partial charge is 0.165 e. The fourth-order valence-electron chi connectivity index (χ4n) is 4.05. The molecule has 1 saturated heterocycles. The highest BCUT2D eigenvalue weighted by Gasteiger charge is 2.38. The van der Waals surface area contributed by atoms with Crippen LogP contribution in [0.3, 0.4) is 0 Å². The van der Waals surface area contributed by atoms with E-state index in [1.807, 2.05) is 0 Å². The van der Waals surface area contributed by atoms with Gasteiger partial charge in [-0.3, -0.25) is 0 Å². The van der Waals surface area contributed by atoms with E-state index >= 15 is 0 Å². The van der Waals surface area contributed by atoms with Crippen molar-refractivity contribution in [2.45, 2.75) is 57.7 Å². The standard InChI is InChI=1S/C17H23NO3/c1-9-6-12-14(11-4-3-5-18-8-11)16-13(7-10(2)20-16)15(19)17(12)21-9/h9-11,18-19H,3-8H2,1-2H3. The van der Waals surface area contributed by atoms with E-state index in [4.69, 9.17) is 9.47 Å². The maximum Gasteiger partial charge on any atom is 0.165 e. The molecule has 3 heterocycles. The molecule has 0 amide bonds. The zero-order chi connectivity index (χ0) is 14.6. The summed E-state index contributed by atoms with van der Waals surface area (Å²) in [5.74, 6) is 2.46. The van der Waals surface area contributed by atoms with Gasteiger partial charge in [-0.15, -0.1) is 0 Å². The zero-order valence-electron chi connectivity index (χ0n) is 12.7. The molecule has 0 spiro atoms. The molecule has 4 heteroatoms. The first-order valence-corrected chi connectivity index (χ1v) is 8.09. The first kappa shape index (κ1) is 13.3. The minimum Gasteiger partial charge on any atom is -0.504 e. The van der Waals surface area contributed by atoms with E-state index < -0.39 is 0 Å². The van der Waals surface area contributed by atoms with Gasteiger partial charge in [-0.1, -0.05) is 0 Å². The van der Waals surface area contributed by atoms with Crippen LogP contribution in [0, 0.1) is 0 Å². The molecule has 1 aromatic rings. The predicted molar refractivity (Wildman–Crippen MR) is 80.5 cm³/mol. The van der Waals surface area contributed by atoms with Crippen molar-refractivity contribution in [3.63, 3.8) is 0 Å². The van der Waals surface area contributed by atoms with Gasteiger partial charge < -0.3 is 19.9 Å². The van der Waals surface area contributed by atoms with Crippen molar-refractivity contribution in [1.29, 1.82) is 0 Å². The maximum absolute atomic E-state index is 10.6. The summed E-state index contributed by atoms with van der Waals surface area (Å²) in [6.45, 7) is 6.23. The number of benzene rings is 1. The molecule has 0 bridgehead atoms. The summed E-state index contributed by atoms with van der Waals surface area (Å²) in [5, 5.41) is 14.1. The number of hydrogen-bond donors (Lipinski definition) is 2. The molecule has 0 radical (unpaired) electrons. The molecule has 0 aromatic heterocycles. The lowest BCUT2D eigenvalue weighted by atomic mass is 9.84. The normalized spacial score (nSPS) is 30.5. The number of phenols is 1. The number of nitrogens with one attached hydrogen (secondary N) is 1. The molecule has 21 heavy (non-hydrogen) atoms. The molecule has 1 fully saturated rings. The molecule has 0 aliphatic carbocycles. The fourth-order valence-corrected chi connectivity index (χ4v) is 4.05. The van der Waals surface area contributed by atoms with Gasteiger partial charge in [-0.05, 0) is 33.2 Å². The molecule has 4 rings (SSSR count). The molecule has 2 N–H and O–H groups in total. The Morgan fingerprint density at radius 2 is 1.76 bits per heavy atom. The Balaban J connectivity index is 1.88. The molecule has 0 saturated carbocycles. The quantitative estimate of drug-likeness (QED) is 0.834. The first-order valence-electron chi connectivity index (χ1n) is 8.09.